The van der Waals surface area contributed by atoms with Gasteiger partial charge in [0.25, 0.3) is 0 Å². The number of Topliss-reactive ketones (excluding diaryl/α,β-unsaturated/α-hetero) is 1. The van der Waals surface area contributed by atoms with Crippen molar-refractivity contribution in [1.82, 2.24) is 4.98 Å². The minimum Gasteiger partial charge on any atom is -0.360 e. The fraction of sp³-hybridized carbons (Fsp3) is 0.167. The molecule has 3 nitrogen and oxygen atoms in total. The number of hydrogen-bond acceptors (Lipinski definition) is 2. The number of benzene rings is 1. The predicted octanol–water partition coefficient (Wildman–Crippen LogP) is 2.57. The van der Waals surface area contributed by atoms with Gasteiger partial charge in [0.15, 0.2) is 5.78 Å². The van der Waals surface area contributed by atoms with Crippen molar-refractivity contribution in [2.75, 3.05) is 0 Å². The van der Waals surface area contributed by atoms with Crippen molar-refractivity contribution in [1.29, 1.82) is 5.26 Å². The first kappa shape index (κ1) is 9.47. The van der Waals surface area contributed by atoms with Crippen LogP contribution < -0.4 is 0 Å². The van der Waals surface area contributed by atoms with E-state index in [4.69, 9.17) is 5.26 Å². The Kier molecular flexibility index (Phi) is 2.26. The SMILES string of the molecule is Cc1cccc2c(C(=O)CC#N)c[nH]c12. The topological polar surface area (TPSA) is 56.6 Å². The zero-order chi connectivity index (χ0) is 10.8. The smallest absolute Gasteiger partial charge is 0.179 e. The van der Waals surface area contributed by atoms with E-state index in [2.05, 4.69) is 4.98 Å². The van der Waals surface area contributed by atoms with Crippen molar-refractivity contribution in [3.63, 3.8) is 0 Å². The van der Waals surface area contributed by atoms with Gasteiger partial charge in [-0.1, -0.05) is 18.2 Å². The van der Waals surface area contributed by atoms with Crippen LogP contribution in [0.1, 0.15) is 22.3 Å². The zero-order valence-corrected chi connectivity index (χ0v) is 8.37. The fourth-order valence-corrected chi connectivity index (χ4v) is 1.70. The summed E-state index contributed by atoms with van der Waals surface area (Å²) in [5, 5.41) is 9.38. The molecule has 0 amide bonds. The molecule has 15 heavy (non-hydrogen) atoms. The molecule has 2 rings (SSSR count). The highest BCUT2D eigenvalue weighted by Gasteiger charge is 2.11. The first-order chi connectivity index (χ1) is 7.24. The van der Waals surface area contributed by atoms with Crippen molar-refractivity contribution < 1.29 is 4.79 Å². The van der Waals surface area contributed by atoms with Gasteiger partial charge in [-0.25, -0.2) is 0 Å². The van der Waals surface area contributed by atoms with E-state index in [0.29, 0.717) is 5.56 Å². The van der Waals surface area contributed by atoms with Crippen molar-refractivity contribution >= 4 is 16.7 Å². The molecule has 74 valence electrons. The van der Waals surface area contributed by atoms with Gasteiger partial charge in [-0.3, -0.25) is 4.79 Å². The van der Waals surface area contributed by atoms with Gasteiger partial charge in [0.05, 0.1) is 12.5 Å². The number of aromatic nitrogens is 1. The summed E-state index contributed by atoms with van der Waals surface area (Å²) in [6.45, 7) is 1.98. The number of aromatic amines is 1. The molecule has 1 heterocycles. The molecular weight excluding hydrogens is 188 g/mol. The molecular formula is C12H10N2O. The summed E-state index contributed by atoms with van der Waals surface area (Å²) < 4.78 is 0. The Morgan fingerprint density at radius 3 is 3.07 bits per heavy atom. The molecule has 0 aliphatic rings. The largest absolute Gasteiger partial charge is 0.360 e. The second-order valence-corrected chi connectivity index (χ2v) is 3.46. The average molecular weight is 198 g/mol. The average Bonchev–Trinajstić information content (AvgIpc) is 2.63. The van der Waals surface area contributed by atoms with E-state index in [1.165, 1.54) is 0 Å². The van der Waals surface area contributed by atoms with Gasteiger partial charge in [0.2, 0.25) is 0 Å². The third kappa shape index (κ3) is 1.50. The zero-order valence-electron chi connectivity index (χ0n) is 8.37. The maximum atomic E-state index is 11.6. The van der Waals surface area contributed by atoms with Crippen LogP contribution >= 0.6 is 0 Å². The third-order valence-corrected chi connectivity index (χ3v) is 2.46. The molecule has 0 saturated carbocycles. The van der Waals surface area contributed by atoms with Crippen LogP contribution in [0.2, 0.25) is 0 Å². The van der Waals surface area contributed by atoms with Gasteiger partial charge in [-0.05, 0) is 12.5 Å². The van der Waals surface area contributed by atoms with E-state index < -0.39 is 0 Å². The summed E-state index contributed by atoms with van der Waals surface area (Å²) in [5.41, 5.74) is 2.68. The van der Waals surface area contributed by atoms with Gasteiger partial charge >= 0.3 is 0 Å². The van der Waals surface area contributed by atoms with Crippen LogP contribution in [0, 0.1) is 18.3 Å². The van der Waals surface area contributed by atoms with Crippen LogP contribution in [-0.4, -0.2) is 10.8 Å². The number of para-hydroxylation sites is 1. The van der Waals surface area contributed by atoms with Gasteiger partial charge in [-0.2, -0.15) is 5.26 Å². The van der Waals surface area contributed by atoms with Gasteiger partial charge < -0.3 is 4.98 Å². The normalized spacial score (nSPS) is 10.1. The molecule has 0 unspecified atom stereocenters. The van der Waals surface area contributed by atoms with Crippen molar-refractivity contribution in [2.24, 2.45) is 0 Å². The molecule has 0 saturated heterocycles. The van der Waals surface area contributed by atoms with E-state index in [-0.39, 0.29) is 12.2 Å². The number of ketones is 1. The van der Waals surface area contributed by atoms with Crippen LogP contribution in [0.4, 0.5) is 0 Å². The highest BCUT2D eigenvalue weighted by atomic mass is 16.1. The summed E-state index contributed by atoms with van der Waals surface area (Å²) in [4.78, 5) is 14.7. The Bertz CT molecular complexity index is 560. The lowest BCUT2D eigenvalue weighted by atomic mass is 10.1. The molecule has 2 aromatic rings. The number of rotatable bonds is 2. The fourth-order valence-electron chi connectivity index (χ4n) is 1.70. The number of hydrogen-bond donors (Lipinski definition) is 1. The van der Waals surface area contributed by atoms with Gasteiger partial charge in [0, 0.05) is 22.7 Å². The molecule has 0 atom stereocenters. The number of nitrogens with one attached hydrogen (secondary N) is 1. The van der Waals surface area contributed by atoms with Crippen LogP contribution in [0.3, 0.4) is 0 Å². The maximum absolute atomic E-state index is 11.6. The molecule has 0 fully saturated rings. The monoisotopic (exact) mass is 198 g/mol. The second-order valence-electron chi connectivity index (χ2n) is 3.46. The lowest BCUT2D eigenvalue weighted by Gasteiger charge is -1.96. The van der Waals surface area contributed by atoms with Crippen LogP contribution in [0.15, 0.2) is 24.4 Å². The number of aryl methyl sites for hydroxylation is 1. The first-order valence-corrected chi connectivity index (χ1v) is 4.71. The Labute approximate surface area is 87.3 Å². The van der Waals surface area contributed by atoms with E-state index in [1.807, 2.05) is 31.2 Å². The molecule has 1 aromatic carbocycles. The molecule has 0 aliphatic carbocycles. The Morgan fingerprint density at radius 1 is 1.53 bits per heavy atom. The number of fused-ring (bicyclic) bond motifs is 1. The summed E-state index contributed by atoms with van der Waals surface area (Å²) in [6, 6.07) is 7.66. The Morgan fingerprint density at radius 2 is 2.33 bits per heavy atom. The van der Waals surface area contributed by atoms with Gasteiger partial charge in [0.1, 0.15) is 0 Å². The number of carbonyl (C=O) groups is 1. The van der Waals surface area contributed by atoms with Gasteiger partial charge in [-0.15, -0.1) is 0 Å². The van der Waals surface area contributed by atoms with Crippen LogP contribution in [0.5, 0.6) is 0 Å². The summed E-state index contributed by atoms with van der Waals surface area (Å²) in [7, 11) is 0. The number of H-pyrrole nitrogens is 1. The third-order valence-electron chi connectivity index (χ3n) is 2.46. The molecule has 1 N–H and O–H groups in total. The van der Waals surface area contributed by atoms with Crippen molar-refractivity contribution in [3.05, 3.63) is 35.5 Å². The molecule has 0 spiro atoms. The number of nitrogens with zero attached hydrogens (tertiary/aromatic N) is 1. The van der Waals surface area contributed by atoms with Crippen LogP contribution in [0.25, 0.3) is 10.9 Å². The molecule has 0 radical (unpaired) electrons. The minimum absolute atomic E-state index is 0.0686. The quantitative estimate of drug-likeness (QED) is 0.754. The molecule has 0 bridgehead atoms. The highest BCUT2D eigenvalue weighted by molar-refractivity contribution is 6.09. The van der Waals surface area contributed by atoms with Crippen LogP contribution in [-0.2, 0) is 0 Å². The van der Waals surface area contributed by atoms with Crippen molar-refractivity contribution in [2.45, 2.75) is 13.3 Å². The lowest BCUT2D eigenvalue weighted by Crippen LogP contribution is -1.95. The minimum atomic E-state index is -0.130. The maximum Gasteiger partial charge on any atom is 0.179 e. The molecule has 0 aliphatic heterocycles. The highest BCUT2D eigenvalue weighted by Crippen LogP contribution is 2.21. The Balaban J connectivity index is 2.60. The molecule has 3 heteroatoms. The predicted molar refractivity (Wildman–Crippen MR) is 57.6 cm³/mol. The van der Waals surface area contributed by atoms with E-state index in [1.54, 1.807) is 6.20 Å². The van der Waals surface area contributed by atoms with E-state index >= 15 is 0 Å². The van der Waals surface area contributed by atoms with E-state index in [0.717, 1.165) is 16.5 Å². The first-order valence-electron chi connectivity index (χ1n) is 4.71. The summed E-state index contributed by atoms with van der Waals surface area (Å²) >= 11 is 0. The lowest BCUT2D eigenvalue weighted by molar-refractivity contribution is 0.0999. The summed E-state index contributed by atoms with van der Waals surface area (Å²) in [6.07, 6.45) is 1.61. The van der Waals surface area contributed by atoms with E-state index in [9.17, 15) is 4.79 Å². The summed E-state index contributed by atoms with van der Waals surface area (Å²) in [5.74, 6) is -0.130. The number of nitriles is 1. The van der Waals surface area contributed by atoms with Crippen molar-refractivity contribution in [3.8, 4) is 6.07 Å². The second kappa shape index (κ2) is 3.58. The number of carbonyl (C=O) groups excluding carboxylic acids is 1. The Hall–Kier alpha value is -2.08. The molecule has 1 aromatic heterocycles. The standard InChI is InChI=1S/C12H10N2O/c1-8-3-2-4-9-10(7-14-12(8)9)11(15)5-6-13/h2-4,7,14H,5H2,1H3.